The van der Waals surface area contributed by atoms with E-state index in [0.29, 0.717) is 31.1 Å². The molecular formula is C32H37N3O5S. The Morgan fingerprint density at radius 3 is 2.51 bits per heavy atom. The predicted molar refractivity (Wildman–Crippen MR) is 162 cm³/mol. The summed E-state index contributed by atoms with van der Waals surface area (Å²) in [5, 5.41) is 5.07. The van der Waals surface area contributed by atoms with Gasteiger partial charge in [0.25, 0.3) is 5.91 Å². The van der Waals surface area contributed by atoms with Crippen molar-refractivity contribution < 1.29 is 23.8 Å². The van der Waals surface area contributed by atoms with Crippen LogP contribution in [0.4, 0.5) is 10.5 Å². The number of hydrogen-bond donors (Lipinski definition) is 1. The molecular weight excluding hydrogens is 538 g/mol. The van der Waals surface area contributed by atoms with E-state index in [2.05, 4.69) is 5.32 Å². The molecule has 0 spiro atoms. The molecule has 0 aliphatic carbocycles. The number of amides is 2. The van der Waals surface area contributed by atoms with Gasteiger partial charge in [-0.3, -0.25) is 4.79 Å². The Hall–Kier alpha value is -3.98. The van der Waals surface area contributed by atoms with E-state index in [9.17, 15) is 9.59 Å². The minimum absolute atomic E-state index is 0.0321. The van der Waals surface area contributed by atoms with Crippen LogP contribution in [-0.4, -0.2) is 46.3 Å². The molecule has 4 aromatic rings. The molecule has 1 aliphatic heterocycles. The fourth-order valence-electron chi connectivity index (χ4n) is 4.88. The van der Waals surface area contributed by atoms with E-state index in [1.807, 2.05) is 98.4 Å². The number of nitrogens with zero attached hydrogens (tertiary/aromatic N) is 2. The number of rotatable bonds is 7. The van der Waals surface area contributed by atoms with Gasteiger partial charge in [-0.15, -0.1) is 11.3 Å². The molecule has 2 aromatic heterocycles. The Bertz CT molecular complexity index is 1500. The average molecular weight is 576 g/mol. The Morgan fingerprint density at radius 1 is 1.00 bits per heavy atom. The van der Waals surface area contributed by atoms with Crippen LogP contribution in [0.3, 0.4) is 0 Å². The number of carbonyl (C=O) groups is 2. The van der Waals surface area contributed by atoms with Crippen LogP contribution in [0.1, 0.15) is 56.1 Å². The molecule has 1 saturated heterocycles. The van der Waals surface area contributed by atoms with Gasteiger partial charge < -0.3 is 29.0 Å². The largest absolute Gasteiger partial charge is 0.490 e. The van der Waals surface area contributed by atoms with Crippen LogP contribution in [-0.2, 0) is 18.4 Å². The van der Waals surface area contributed by atoms with Crippen molar-refractivity contribution in [1.29, 1.82) is 0 Å². The fraction of sp³-hybridized carbons (Fsp3) is 0.375. The van der Waals surface area contributed by atoms with E-state index in [1.165, 1.54) is 0 Å². The Labute approximate surface area is 244 Å². The highest BCUT2D eigenvalue weighted by Crippen LogP contribution is 2.27. The lowest BCUT2D eigenvalue weighted by Gasteiger charge is -2.26. The number of carbonyl (C=O) groups excluding carboxylic acids is 2. The molecule has 3 heterocycles. The van der Waals surface area contributed by atoms with Crippen LogP contribution < -0.4 is 14.8 Å². The maximum Gasteiger partial charge on any atom is 0.410 e. The third-order valence-electron chi connectivity index (χ3n) is 7.01. The van der Waals surface area contributed by atoms with E-state index in [-0.39, 0.29) is 18.1 Å². The molecule has 2 aromatic carbocycles. The number of thiophene rings is 1. The van der Waals surface area contributed by atoms with Crippen LogP contribution in [0.25, 0.3) is 10.2 Å². The second-order valence-corrected chi connectivity index (χ2v) is 12.2. The minimum Gasteiger partial charge on any atom is -0.490 e. The van der Waals surface area contributed by atoms with E-state index >= 15 is 0 Å². The molecule has 8 nitrogen and oxygen atoms in total. The highest BCUT2D eigenvalue weighted by Gasteiger charge is 2.26. The normalized spacial score (nSPS) is 15.8. The zero-order chi connectivity index (χ0) is 29.0. The summed E-state index contributed by atoms with van der Waals surface area (Å²) in [5.74, 6) is 1.32. The van der Waals surface area contributed by atoms with Crippen LogP contribution in [0.15, 0.2) is 66.0 Å². The number of aryl methyl sites for hydroxylation is 1. The SMILES string of the molecule is Cn1c(C(=O)Nc2ccccc2COc2ccc(OC3CCCN(C(=O)OC(C)(C)C)CC3)cc2)cc2sccc21. The molecule has 2 amide bonds. The zero-order valence-electron chi connectivity index (χ0n) is 24.0. The van der Waals surface area contributed by atoms with Gasteiger partial charge in [0.2, 0.25) is 0 Å². The van der Waals surface area contributed by atoms with Gasteiger partial charge in [-0.1, -0.05) is 18.2 Å². The lowest BCUT2D eigenvalue weighted by molar-refractivity contribution is 0.0252. The molecule has 0 saturated carbocycles. The van der Waals surface area contributed by atoms with Gasteiger partial charge in [-0.05, 0) is 81.5 Å². The Kier molecular flexibility index (Phi) is 8.54. The smallest absolute Gasteiger partial charge is 0.410 e. The molecule has 9 heteroatoms. The van der Waals surface area contributed by atoms with Crippen molar-refractivity contribution in [1.82, 2.24) is 9.47 Å². The first-order valence-corrected chi connectivity index (χ1v) is 14.8. The second-order valence-electron chi connectivity index (χ2n) is 11.3. The highest BCUT2D eigenvalue weighted by atomic mass is 32.1. The van der Waals surface area contributed by atoms with Crippen LogP contribution in [0.5, 0.6) is 11.5 Å². The van der Waals surface area contributed by atoms with E-state index in [4.69, 9.17) is 14.2 Å². The van der Waals surface area contributed by atoms with Gasteiger partial charge in [0.1, 0.15) is 35.5 Å². The average Bonchev–Trinajstić information content (AvgIpc) is 3.43. The fourth-order valence-corrected chi connectivity index (χ4v) is 5.73. The summed E-state index contributed by atoms with van der Waals surface area (Å²) in [5.41, 5.74) is 2.76. The third kappa shape index (κ3) is 7.21. The molecule has 1 aliphatic rings. The number of ether oxygens (including phenoxy) is 3. The molecule has 1 atom stereocenters. The van der Waals surface area contributed by atoms with Crippen molar-refractivity contribution in [2.45, 2.75) is 58.3 Å². The lowest BCUT2D eigenvalue weighted by atomic mass is 10.1. The van der Waals surface area contributed by atoms with Crippen LogP contribution in [0, 0.1) is 0 Å². The molecule has 1 N–H and O–H groups in total. The number of likely N-dealkylation sites (tertiary alicyclic amines) is 1. The summed E-state index contributed by atoms with van der Waals surface area (Å²) in [6, 6.07) is 19.2. The number of aromatic nitrogens is 1. The predicted octanol–water partition coefficient (Wildman–Crippen LogP) is 7.24. The number of hydrogen-bond acceptors (Lipinski definition) is 6. The number of nitrogens with one attached hydrogen (secondary N) is 1. The second kappa shape index (κ2) is 12.3. The molecule has 41 heavy (non-hydrogen) atoms. The van der Waals surface area contributed by atoms with Gasteiger partial charge in [0.15, 0.2) is 0 Å². The van der Waals surface area contributed by atoms with Crippen molar-refractivity contribution in [2.24, 2.45) is 7.05 Å². The number of benzene rings is 2. The van der Waals surface area contributed by atoms with E-state index in [0.717, 1.165) is 46.5 Å². The summed E-state index contributed by atoms with van der Waals surface area (Å²) >= 11 is 1.62. The van der Waals surface area contributed by atoms with Gasteiger partial charge in [-0.25, -0.2) is 4.79 Å². The van der Waals surface area contributed by atoms with Gasteiger partial charge in [0, 0.05) is 37.8 Å². The third-order valence-corrected chi connectivity index (χ3v) is 7.86. The minimum atomic E-state index is -0.502. The standard InChI is InChI=1S/C32H37N3O5S/c1-32(2,3)40-31(37)35-17-7-9-24(15-18-35)39-25-13-11-23(12-14-25)38-21-22-8-5-6-10-26(22)33-30(36)28-20-29-27(34(28)4)16-19-41-29/h5-6,8,10-14,16,19-20,24H,7,9,15,17-18,21H2,1-4H3,(H,33,36). The first kappa shape index (κ1) is 28.5. The highest BCUT2D eigenvalue weighted by molar-refractivity contribution is 7.17. The van der Waals surface area contributed by atoms with Crippen molar-refractivity contribution in [3.63, 3.8) is 0 Å². The van der Waals surface area contributed by atoms with Gasteiger partial charge in [0.05, 0.1) is 10.2 Å². The molecule has 0 bridgehead atoms. The molecule has 1 unspecified atom stereocenters. The number of fused-ring (bicyclic) bond motifs is 1. The van der Waals surface area contributed by atoms with Crippen molar-refractivity contribution in [2.75, 3.05) is 18.4 Å². The molecule has 0 radical (unpaired) electrons. The van der Waals surface area contributed by atoms with Crippen molar-refractivity contribution in [3.8, 4) is 11.5 Å². The van der Waals surface area contributed by atoms with Crippen molar-refractivity contribution >= 4 is 39.2 Å². The zero-order valence-corrected chi connectivity index (χ0v) is 24.8. The topological polar surface area (TPSA) is 82.0 Å². The lowest BCUT2D eigenvalue weighted by Crippen LogP contribution is -2.37. The maximum absolute atomic E-state index is 13.1. The van der Waals surface area contributed by atoms with Crippen LogP contribution >= 0.6 is 11.3 Å². The van der Waals surface area contributed by atoms with Gasteiger partial charge in [-0.2, -0.15) is 0 Å². The Morgan fingerprint density at radius 2 is 1.76 bits per heavy atom. The monoisotopic (exact) mass is 575 g/mol. The maximum atomic E-state index is 13.1. The van der Waals surface area contributed by atoms with Crippen LogP contribution in [0.2, 0.25) is 0 Å². The summed E-state index contributed by atoms with van der Waals surface area (Å²) in [4.78, 5) is 27.3. The molecule has 5 rings (SSSR count). The van der Waals surface area contributed by atoms with Crippen molar-refractivity contribution in [3.05, 3.63) is 77.3 Å². The Balaban J connectivity index is 1.14. The summed E-state index contributed by atoms with van der Waals surface area (Å²) < 4.78 is 20.8. The molecule has 216 valence electrons. The van der Waals surface area contributed by atoms with E-state index < -0.39 is 5.60 Å². The number of anilines is 1. The molecule has 1 fully saturated rings. The summed E-state index contributed by atoms with van der Waals surface area (Å²) in [6.07, 6.45) is 2.26. The first-order valence-electron chi connectivity index (χ1n) is 14.0. The quantitative estimate of drug-likeness (QED) is 0.251. The first-order chi connectivity index (χ1) is 19.7. The van der Waals surface area contributed by atoms with Gasteiger partial charge >= 0.3 is 6.09 Å². The summed E-state index contributed by atoms with van der Waals surface area (Å²) in [6.45, 7) is 7.24. The summed E-state index contributed by atoms with van der Waals surface area (Å²) in [7, 11) is 1.90. The van der Waals surface area contributed by atoms with E-state index in [1.54, 1.807) is 16.2 Å². The number of para-hydroxylation sites is 1.